The number of anilines is 1. The highest BCUT2D eigenvalue weighted by Gasteiger charge is 2.13. The summed E-state index contributed by atoms with van der Waals surface area (Å²) in [5, 5.41) is 12.0. The van der Waals surface area contributed by atoms with Crippen LogP contribution in [-0.2, 0) is 4.79 Å². The number of nitrogens with zero attached hydrogens (tertiary/aromatic N) is 1. The van der Waals surface area contributed by atoms with Gasteiger partial charge in [-0.05, 0) is 48.0 Å². The van der Waals surface area contributed by atoms with Crippen molar-refractivity contribution in [1.82, 2.24) is 0 Å². The molecule has 0 radical (unpaired) electrons. The first-order valence-corrected chi connectivity index (χ1v) is 8.85. The molecular formula is C23H16F2N2O3. The quantitative estimate of drug-likeness (QED) is 0.408. The number of hydrogen-bond donors (Lipinski definition) is 1. The second kappa shape index (κ2) is 9.85. The van der Waals surface area contributed by atoms with Crippen LogP contribution in [0.15, 0.2) is 84.4 Å². The van der Waals surface area contributed by atoms with Gasteiger partial charge in [-0.3, -0.25) is 4.79 Å². The van der Waals surface area contributed by atoms with Crippen LogP contribution in [0.3, 0.4) is 0 Å². The average molecular weight is 406 g/mol. The van der Waals surface area contributed by atoms with Gasteiger partial charge in [-0.15, -0.1) is 0 Å². The third kappa shape index (κ3) is 5.66. The van der Waals surface area contributed by atoms with E-state index in [1.807, 2.05) is 24.3 Å². The van der Waals surface area contributed by atoms with Gasteiger partial charge < -0.3 is 14.8 Å². The number of rotatable bonds is 7. The normalized spacial score (nSPS) is 10.9. The highest BCUT2D eigenvalue weighted by Crippen LogP contribution is 2.29. The number of carbonyl (C=O) groups excluding carboxylic acids is 1. The van der Waals surface area contributed by atoms with Gasteiger partial charge in [0.2, 0.25) is 0 Å². The highest BCUT2D eigenvalue weighted by atomic mass is 19.3. The zero-order valence-corrected chi connectivity index (χ0v) is 15.6. The van der Waals surface area contributed by atoms with Crippen LogP contribution in [0.4, 0.5) is 14.5 Å². The smallest absolute Gasteiger partial charge is 0.387 e. The Hall–Kier alpha value is -4.18. The molecule has 0 aliphatic rings. The standard InChI is InChI=1S/C23H16F2N2O3/c24-23(25)30-19-12-10-16(11-13-19)14-17(15-26)22(28)27-20-8-4-5-9-21(20)29-18-6-2-1-3-7-18/h1-14,23H,(H,27,28)/b17-14+. The Kier molecular flexibility index (Phi) is 6.74. The Bertz CT molecular complexity index is 1080. The first-order valence-electron chi connectivity index (χ1n) is 8.85. The summed E-state index contributed by atoms with van der Waals surface area (Å²) in [6.45, 7) is -2.93. The highest BCUT2D eigenvalue weighted by molar-refractivity contribution is 6.10. The second-order valence-electron chi connectivity index (χ2n) is 5.98. The molecule has 5 nitrogen and oxygen atoms in total. The van der Waals surface area contributed by atoms with Gasteiger partial charge in [0.25, 0.3) is 5.91 Å². The number of amides is 1. The monoisotopic (exact) mass is 406 g/mol. The molecule has 0 heterocycles. The van der Waals surface area contributed by atoms with Crippen molar-refractivity contribution < 1.29 is 23.0 Å². The van der Waals surface area contributed by atoms with Gasteiger partial charge in [0, 0.05) is 0 Å². The summed E-state index contributed by atoms with van der Waals surface area (Å²) in [6, 6.07) is 23.3. The second-order valence-corrected chi connectivity index (χ2v) is 5.98. The summed E-state index contributed by atoms with van der Waals surface area (Å²) < 4.78 is 34.5. The molecule has 1 amide bonds. The van der Waals surface area contributed by atoms with Crippen LogP contribution in [0.25, 0.3) is 6.08 Å². The molecule has 30 heavy (non-hydrogen) atoms. The van der Waals surface area contributed by atoms with Gasteiger partial charge in [-0.2, -0.15) is 14.0 Å². The molecule has 150 valence electrons. The van der Waals surface area contributed by atoms with Crippen LogP contribution >= 0.6 is 0 Å². The fraction of sp³-hybridized carbons (Fsp3) is 0.0435. The molecule has 0 aliphatic heterocycles. The lowest BCUT2D eigenvalue weighted by Crippen LogP contribution is -2.14. The van der Waals surface area contributed by atoms with Crippen molar-refractivity contribution in [2.75, 3.05) is 5.32 Å². The number of nitrogens with one attached hydrogen (secondary N) is 1. The maximum absolute atomic E-state index is 12.6. The molecule has 7 heteroatoms. The SMILES string of the molecule is N#C/C(=C\c1ccc(OC(F)F)cc1)C(=O)Nc1ccccc1Oc1ccccc1. The molecule has 0 fully saturated rings. The number of para-hydroxylation sites is 3. The maximum Gasteiger partial charge on any atom is 0.387 e. The molecule has 3 rings (SSSR count). The van der Waals surface area contributed by atoms with Gasteiger partial charge in [0.05, 0.1) is 5.69 Å². The maximum atomic E-state index is 12.6. The van der Waals surface area contributed by atoms with E-state index < -0.39 is 12.5 Å². The molecule has 0 bridgehead atoms. The van der Waals surface area contributed by atoms with Gasteiger partial charge >= 0.3 is 6.61 Å². The van der Waals surface area contributed by atoms with E-state index in [0.29, 0.717) is 22.7 Å². The predicted molar refractivity (Wildman–Crippen MR) is 108 cm³/mol. The minimum Gasteiger partial charge on any atom is -0.455 e. The minimum atomic E-state index is -2.93. The van der Waals surface area contributed by atoms with E-state index in [4.69, 9.17) is 4.74 Å². The number of benzene rings is 3. The Morgan fingerprint density at radius 1 is 0.933 bits per heavy atom. The summed E-state index contributed by atoms with van der Waals surface area (Å²) >= 11 is 0. The van der Waals surface area contributed by atoms with E-state index >= 15 is 0 Å². The van der Waals surface area contributed by atoms with Crippen LogP contribution in [0.5, 0.6) is 17.2 Å². The lowest BCUT2D eigenvalue weighted by atomic mass is 10.1. The third-order valence-electron chi connectivity index (χ3n) is 3.89. The summed E-state index contributed by atoms with van der Waals surface area (Å²) in [4.78, 5) is 12.6. The molecule has 0 aliphatic carbocycles. The lowest BCUT2D eigenvalue weighted by molar-refractivity contribution is -0.112. The Labute approximate surface area is 171 Å². The lowest BCUT2D eigenvalue weighted by Gasteiger charge is -2.12. The van der Waals surface area contributed by atoms with Crippen molar-refractivity contribution in [1.29, 1.82) is 5.26 Å². The fourth-order valence-electron chi connectivity index (χ4n) is 2.52. The summed E-state index contributed by atoms with van der Waals surface area (Å²) in [7, 11) is 0. The average Bonchev–Trinajstić information content (AvgIpc) is 2.75. The predicted octanol–water partition coefficient (Wildman–Crippen LogP) is 5.63. The Morgan fingerprint density at radius 2 is 1.60 bits per heavy atom. The van der Waals surface area contributed by atoms with Crippen LogP contribution in [0.1, 0.15) is 5.56 Å². The molecule has 3 aromatic rings. The number of carbonyl (C=O) groups is 1. The van der Waals surface area contributed by atoms with Crippen LogP contribution in [-0.4, -0.2) is 12.5 Å². The zero-order chi connectivity index (χ0) is 21.3. The van der Waals surface area contributed by atoms with Crippen molar-refractivity contribution in [3.05, 3.63) is 90.0 Å². The van der Waals surface area contributed by atoms with E-state index in [9.17, 15) is 18.8 Å². The summed E-state index contributed by atoms with van der Waals surface area (Å²) in [5.41, 5.74) is 0.720. The van der Waals surface area contributed by atoms with E-state index in [0.717, 1.165) is 0 Å². The Morgan fingerprint density at radius 3 is 2.27 bits per heavy atom. The molecule has 0 unspecified atom stereocenters. The largest absolute Gasteiger partial charge is 0.455 e. The van der Waals surface area contributed by atoms with Crippen LogP contribution in [0.2, 0.25) is 0 Å². The van der Waals surface area contributed by atoms with Gasteiger partial charge in [-0.25, -0.2) is 0 Å². The van der Waals surface area contributed by atoms with E-state index in [1.165, 1.54) is 30.3 Å². The van der Waals surface area contributed by atoms with Crippen molar-refractivity contribution in [2.45, 2.75) is 6.61 Å². The first kappa shape index (κ1) is 20.6. The number of ether oxygens (including phenoxy) is 2. The van der Waals surface area contributed by atoms with Gasteiger partial charge in [-0.1, -0.05) is 42.5 Å². The van der Waals surface area contributed by atoms with E-state index in [1.54, 1.807) is 36.4 Å². The van der Waals surface area contributed by atoms with Gasteiger partial charge in [0.15, 0.2) is 5.75 Å². The van der Waals surface area contributed by atoms with Crippen molar-refractivity contribution in [3.8, 4) is 23.3 Å². The third-order valence-corrected chi connectivity index (χ3v) is 3.89. The number of halogens is 2. The minimum absolute atomic E-state index is 0.0166. The molecular weight excluding hydrogens is 390 g/mol. The Balaban J connectivity index is 1.76. The molecule has 1 N–H and O–H groups in total. The van der Waals surface area contributed by atoms with Crippen molar-refractivity contribution >= 4 is 17.7 Å². The molecule has 0 atom stereocenters. The zero-order valence-electron chi connectivity index (χ0n) is 15.6. The molecule has 3 aromatic carbocycles. The molecule has 0 saturated heterocycles. The fourth-order valence-corrected chi connectivity index (χ4v) is 2.52. The summed E-state index contributed by atoms with van der Waals surface area (Å²) in [5.74, 6) is 0.371. The number of alkyl halides is 2. The van der Waals surface area contributed by atoms with E-state index in [2.05, 4.69) is 10.1 Å². The number of nitriles is 1. The van der Waals surface area contributed by atoms with Crippen molar-refractivity contribution in [2.24, 2.45) is 0 Å². The van der Waals surface area contributed by atoms with Gasteiger partial charge in [0.1, 0.15) is 23.1 Å². The molecule has 0 spiro atoms. The molecule has 0 saturated carbocycles. The van der Waals surface area contributed by atoms with Crippen LogP contribution in [0, 0.1) is 11.3 Å². The topological polar surface area (TPSA) is 71.3 Å². The molecule has 0 aromatic heterocycles. The number of hydrogen-bond acceptors (Lipinski definition) is 4. The van der Waals surface area contributed by atoms with E-state index in [-0.39, 0.29) is 11.3 Å². The van der Waals surface area contributed by atoms with Crippen molar-refractivity contribution in [3.63, 3.8) is 0 Å². The first-order chi connectivity index (χ1) is 14.5. The summed E-state index contributed by atoms with van der Waals surface area (Å²) in [6.07, 6.45) is 1.35. The van der Waals surface area contributed by atoms with Crippen LogP contribution < -0.4 is 14.8 Å².